The minimum Gasteiger partial charge on any atom is -0.458 e. The number of terminal acetylenes is 1. The van der Waals surface area contributed by atoms with E-state index in [4.69, 9.17) is 9.47 Å². The van der Waals surface area contributed by atoms with Gasteiger partial charge in [-0.3, -0.25) is 10.1 Å². The molecule has 0 aromatic carbocycles. The van der Waals surface area contributed by atoms with Crippen molar-refractivity contribution in [3.05, 3.63) is 23.2 Å². The molecule has 1 fully saturated rings. The second-order valence-electron chi connectivity index (χ2n) is 4.82. The summed E-state index contributed by atoms with van der Waals surface area (Å²) in [5.41, 5.74) is 0.821. The summed E-state index contributed by atoms with van der Waals surface area (Å²) in [6.07, 6.45) is 5.62. The molecule has 2 aliphatic heterocycles. The van der Waals surface area contributed by atoms with Crippen molar-refractivity contribution in [1.29, 1.82) is 0 Å². The molecule has 0 radical (unpaired) electrons. The van der Waals surface area contributed by atoms with Gasteiger partial charge in [0.25, 0.3) is 5.91 Å². The van der Waals surface area contributed by atoms with E-state index in [2.05, 4.69) is 23.0 Å². The van der Waals surface area contributed by atoms with Crippen LogP contribution in [0.4, 0.5) is 4.79 Å². The van der Waals surface area contributed by atoms with E-state index >= 15 is 0 Å². The van der Waals surface area contributed by atoms with E-state index in [-0.39, 0.29) is 13.2 Å². The van der Waals surface area contributed by atoms with E-state index in [0.717, 1.165) is 5.57 Å². The Labute approximate surface area is 129 Å². The molecule has 3 amide bonds. The van der Waals surface area contributed by atoms with Crippen LogP contribution in [0, 0.1) is 12.3 Å². The van der Waals surface area contributed by atoms with E-state index in [9.17, 15) is 14.7 Å². The topological polar surface area (TPSA) is 96.9 Å². The highest BCUT2D eigenvalue weighted by atomic mass is 16.7. The maximum absolute atomic E-state index is 11.4. The smallest absolute Gasteiger partial charge is 0.322 e. The van der Waals surface area contributed by atoms with Gasteiger partial charge in [-0.15, -0.1) is 12.3 Å². The first-order chi connectivity index (χ1) is 10.4. The molecule has 3 N–H and O–H groups in total. The first kappa shape index (κ1) is 17.6. The number of urea groups is 1. The Hall–Kier alpha value is -2.46. The van der Waals surface area contributed by atoms with Gasteiger partial charge in [0.2, 0.25) is 6.79 Å². The summed E-state index contributed by atoms with van der Waals surface area (Å²) in [6, 6.07) is -1.49. The summed E-state index contributed by atoms with van der Waals surface area (Å²) in [6.45, 7) is 5.43. The average molecular weight is 308 g/mol. The number of nitrogens with one attached hydrogen (secondary N) is 2. The fourth-order valence-electron chi connectivity index (χ4n) is 1.93. The number of ether oxygens (including phenoxy) is 2. The molecule has 120 valence electrons. The number of carbonyl (C=O) groups excluding carboxylic acids is 2. The Balaban J connectivity index is 0.000000745. The summed E-state index contributed by atoms with van der Waals surface area (Å²) >= 11 is 0. The van der Waals surface area contributed by atoms with Gasteiger partial charge in [-0.05, 0) is 33.3 Å². The van der Waals surface area contributed by atoms with Crippen molar-refractivity contribution in [2.24, 2.45) is 0 Å². The van der Waals surface area contributed by atoms with Crippen LogP contribution in [-0.2, 0) is 14.3 Å². The van der Waals surface area contributed by atoms with Crippen molar-refractivity contribution in [1.82, 2.24) is 10.6 Å². The van der Waals surface area contributed by atoms with E-state index in [0.29, 0.717) is 11.5 Å². The van der Waals surface area contributed by atoms with Crippen LogP contribution < -0.4 is 10.6 Å². The molecule has 0 spiro atoms. The molecule has 2 unspecified atom stereocenters. The minimum atomic E-state index is -0.981. The normalized spacial score (nSPS) is 21.8. The van der Waals surface area contributed by atoms with Gasteiger partial charge in [0, 0.05) is 0 Å². The van der Waals surface area contributed by atoms with Crippen LogP contribution >= 0.6 is 0 Å². The molecule has 0 bridgehead atoms. The summed E-state index contributed by atoms with van der Waals surface area (Å²) in [4.78, 5) is 22.3. The zero-order valence-corrected chi connectivity index (χ0v) is 12.8. The average Bonchev–Trinajstić information content (AvgIpc) is 2.96. The van der Waals surface area contributed by atoms with Crippen molar-refractivity contribution >= 4 is 11.9 Å². The maximum Gasteiger partial charge on any atom is 0.322 e. The summed E-state index contributed by atoms with van der Waals surface area (Å²) in [5.74, 6) is 3.03. The van der Waals surface area contributed by atoms with Crippen molar-refractivity contribution in [3.8, 4) is 12.3 Å². The Morgan fingerprint density at radius 1 is 1.55 bits per heavy atom. The third-order valence-electron chi connectivity index (χ3n) is 2.94. The van der Waals surface area contributed by atoms with Gasteiger partial charge >= 0.3 is 6.03 Å². The van der Waals surface area contributed by atoms with Crippen molar-refractivity contribution < 1.29 is 24.2 Å². The van der Waals surface area contributed by atoms with Crippen LogP contribution in [0.5, 0.6) is 0 Å². The first-order valence-electron chi connectivity index (χ1n) is 6.69. The zero-order chi connectivity index (χ0) is 16.7. The quantitative estimate of drug-likeness (QED) is 0.526. The zero-order valence-electron chi connectivity index (χ0n) is 12.8. The molecule has 7 nitrogen and oxygen atoms in total. The molecule has 0 aliphatic carbocycles. The molecular formula is C15H20N2O5. The predicted octanol–water partition coefficient (Wildman–Crippen LogP) is 0.767. The second-order valence-corrected chi connectivity index (χ2v) is 4.82. The largest absolute Gasteiger partial charge is 0.458 e. The van der Waals surface area contributed by atoms with Gasteiger partial charge in [0.1, 0.15) is 11.8 Å². The summed E-state index contributed by atoms with van der Waals surface area (Å²) in [7, 11) is 0. The number of rotatable bonds is 4. The fraction of sp³-hybridized carbons (Fsp3) is 0.467. The third kappa shape index (κ3) is 4.82. The molecule has 7 heteroatoms. The number of aliphatic hydroxyl groups is 1. The number of hydrogen-bond donors (Lipinski definition) is 3. The van der Waals surface area contributed by atoms with Gasteiger partial charge in [0.05, 0.1) is 6.10 Å². The molecule has 22 heavy (non-hydrogen) atoms. The lowest BCUT2D eigenvalue weighted by atomic mass is 10.0. The van der Waals surface area contributed by atoms with Crippen LogP contribution in [0.3, 0.4) is 0 Å². The van der Waals surface area contributed by atoms with Gasteiger partial charge in [-0.1, -0.05) is 5.57 Å². The maximum atomic E-state index is 11.4. The molecule has 1 saturated heterocycles. The molecule has 0 saturated carbocycles. The monoisotopic (exact) mass is 308 g/mol. The lowest BCUT2D eigenvalue weighted by Crippen LogP contribution is -2.40. The number of imide groups is 1. The number of carbonyl (C=O) groups is 2. The Morgan fingerprint density at radius 3 is 2.64 bits per heavy atom. The Kier molecular flexibility index (Phi) is 6.47. The predicted molar refractivity (Wildman–Crippen MR) is 79.1 cm³/mol. The highest BCUT2D eigenvalue weighted by molar-refractivity contribution is 6.04. The van der Waals surface area contributed by atoms with Gasteiger partial charge in [0.15, 0.2) is 5.76 Å². The van der Waals surface area contributed by atoms with E-state index in [1.165, 1.54) is 0 Å². The Bertz CT molecular complexity index is 545. The highest BCUT2D eigenvalue weighted by Gasteiger charge is 2.35. The standard InChI is InChI=1S/C12H16N2O5.C3H4/c1-6(4-9-7(2)18-5-19-9)3-8(15)10-11(16)14-12(17)13-10;1-3-2/h4,8,10,15H,3,5H2,1-2H3,(H2,13,14,16,17);1H,2H3/b6-4+;. The molecule has 2 atom stereocenters. The number of aliphatic hydroxyl groups excluding tert-OH is 1. The summed E-state index contributed by atoms with van der Waals surface area (Å²) in [5, 5.41) is 14.4. The Morgan fingerprint density at radius 2 is 2.18 bits per heavy atom. The van der Waals surface area contributed by atoms with Crippen molar-refractivity contribution in [2.75, 3.05) is 6.79 Å². The number of allylic oxidation sites excluding steroid dienone is 2. The van der Waals surface area contributed by atoms with Gasteiger partial charge in [-0.25, -0.2) is 4.79 Å². The fourth-order valence-corrected chi connectivity index (χ4v) is 1.93. The van der Waals surface area contributed by atoms with Gasteiger partial charge in [-0.2, -0.15) is 0 Å². The lowest BCUT2D eigenvalue weighted by Gasteiger charge is -2.15. The highest BCUT2D eigenvalue weighted by Crippen LogP contribution is 2.20. The minimum absolute atomic E-state index is 0.189. The van der Waals surface area contributed by atoms with Crippen LogP contribution in [0.1, 0.15) is 27.2 Å². The molecule has 0 aromatic heterocycles. The van der Waals surface area contributed by atoms with Crippen LogP contribution in [-0.4, -0.2) is 36.0 Å². The SMILES string of the molecule is C#CC.CC1=C(/C=C(\C)CC(O)C2NC(=O)NC2=O)OCO1. The molecule has 0 aromatic rings. The number of amides is 3. The van der Waals surface area contributed by atoms with E-state index in [1.54, 1.807) is 26.8 Å². The molecule has 2 heterocycles. The van der Waals surface area contributed by atoms with Crippen molar-refractivity contribution in [3.63, 3.8) is 0 Å². The van der Waals surface area contributed by atoms with Crippen LogP contribution in [0.25, 0.3) is 0 Å². The van der Waals surface area contributed by atoms with E-state index < -0.39 is 24.1 Å². The van der Waals surface area contributed by atoms with Crippen molar-refractivity contribution in [2.45, 2.75) is 39.3 Å². The van der Waals surface area contributed by atoms with Crippen LogP contribution in [0.15, 0.2) is 23.2 Å². The second kappa shape index (κ2) is 8.10. The lowest BCUT2D eigenvalue weighted by molar-refractivity contribution is -0.122. The first-order valence-corrected chi connectivity index (χ1v) is 6.69. The van der Waals surface area contributed by atoms with Crippen LogP contribution in [0.2, 0.25) is 0 Å². The van der Waals surface area contributed by atoms with E-state index in [1.807, 2.05) is 0 Å². The third-order valence-corrected chi connectivity index (χ3v) is 2.94. The molecule has 2 rings (SSSR count). The molecule has 2 aliphatic rings. The van der Waals surface area contributed by atoms with Gasteiger partial charge < -0.3 is 19.9 Å². The summed E-state index contributed by atoms with van der Waals surface area (Å²) < 4.78 is 10.4. The number of hydrogen-bond acceptors (Lipinski definition) is 5. The molecular weight excluding hydrogens is 288 g/mol.